The van der Waals surface area contributed by atoms with E-state index in [0.717, 1.165) is 11.6 Å². The predicted octanol–water partition coefficient (Wildman–Crippen LogP) is 2.66. The summed E-state index contributed by atoms with van der Waals surface area (Å²) >= 11 is 0. The van der Waals surface area contributed by atoms with E-state index in [-0.39, 0.29) is 23.9 Å². The van der Waals surface area contributed by atoms with Gasteiger partial charge in [-0.05, 0) is 12.1 Å². The van der Waals surface area contributed by atoms with E-state index >= 15 is 0 Å². The quantitative estimate of drug-likeness (QED) is 0.716. The molecule has 2 heterocycles. The monoisotopic (exact) mass is 359 g/mol. The summed E-state index contributed by atoms with van der Waals surface area (Å²) in [5.74, 6) is -0.0912. The zero-order valence-corrected chi connectivity index (χ0v) is 13.9. The number of rotatable bonds is 4. The van der Waals surface area contributed by atoms with Crippen molar-refractivity contribution in [1.29, 1.82) is 0 Å². The third kappa shape index (κ3) is 2.83. The van der Waals surface area contributed by atoms with Crippen molar-refractivity contribution < 1.29 is 17.3 Å². The lowest BCUT2D eigenvalue weighted by Gasteiger charge is -2.35. The summed E-state index contributed by atoms with van der Waals surface area (Å²) in [6, 6.07) is 14.7. The maximum Gasteiger partial charge on any atom is 0.246 e. The Hall–Kier alpha value is -2.58. The Balaban J connectivity index is 1.49. The van der Waals surface area contributed by atoms with Crippen LogP contribution in [-0.2, 0) is 10.0 Å². The zero-order chi connectivity index (χ0) is 17.4. The number of aromatic nitrogens is 2. The number of benzene rings is 2. The molecule has 1 fully saturated rings. The second kappa shape index (κ2) is 6.05. The Morgan fingerprint density at radius 3 is 2.44 bits per heavy atom. The predicted molar refractivity (Wildman–Crippen MR) is 87.6 cm³/mol. The molecule has 0 unspecified atom stereocenters. The first-order valence-electron chi connectivity index (χ1n) is 7.69. The van der Waals surface area contributed by atoms with E-state index in [1.165, 1.54) is 22.5 Å². The summed E-state index contributed by atoms with van der Waals surface area (Å²) in [5, 5.41) is 3.93. The van der Waals surface area contributed by atoms with E-state index in [1.807, 2.05) is 30.3 Å². The van der Waals surface area contributed by atoms with Crippen LogP contribution in [0.3, 0.4) is 0 Å². The molecule has 1 aliphatic heterocycles. The van der Waals surface area contributed by atoms with Crippen LogP contribution >= 0.6 is 0 Å². The molecule has 0 amide bonds. The maximum absolute atomic E-state index is 13.8. The zero-order valence-electron chi connectivity index (χ0n) is 13.0. The van der Waals surface area contributed by atoms with Crippen LogP contribution in [0, 0.1) is 5.82 Å². The summed E-state index contributed by atoms with van der Waals surface area (Å²) in [6.45, 7) is 0.375. The van der Waals surface area contributed by atoms with Crippen LogP contribution in [0.25, 0.3) is 11.4 Å². The molecule has 0 spiro atoms. The van der Waals surface area contributed by atoms with E-state index < -0.39 is 15.8 Å². The molecule has 6 nitrogen and oxygen atoms in total. The fourth-order valence-corrected chi connectivity index (χ4v) is 4.28. The molecule has 1 aliphatic rings. The lowest BCUT2D eigenvalue weighted by atomic mass is 10.0. The standard InChI is InChI=1S/C17H14FN3O3S/c18-14-8-4-5-9-15(14)25(22,23)21-10-13(11-21)17-19-16(20-24-17)12-6-2-1-3-7-12/h1-9,13H,10-11H2. The van der Waals surface area contributed by atoms with Gasteiger partial charge in [-0.1, -0.05) is 47.6 Å². The van der Waals surface area contributed by atoms with Gasteiger partial charge in [0.1, 0.15) is 10.7 Å². The molecule has 0 radical (unpaired) electrons. The summed E-state index contributed by atoms with van der Waals surface area (Å²) in [5.41, 5.74) is 0.827. The van der Waals surface area contributed by atoms with Gasteiger partial charge in [-0.2, -0.15) is 9.29 Å². The Kier molecular flexibility index (Phi) is 3.85. The molecule has 0 saturated carbocycles. The summed E-state index contributed by atoms with van der Waals surface area (Å²) in [6.07, 6.45) is 0. The highest BCUT2D eigenvalue weighted by molar-refractivity contribution is 7.89. The average molecular weight is 359 g/mol. The van der Waals surface area contributed by atoms with Crippen LogP contribution in [0.5, 0.6) is 0 Å². The number of halogens is 1. The molecule has 128 valence electrons. The van der Waals surface area contributed by atoms with E-state index in [2.05, 4.69) is 10.1 Å². The van der Waals surface area contributed by atoms with Crippen LogP contribution in [0.15, 0.2) is 64.0 Å². The topological polar surface area (TPSA) is 76.3 Å². The minimum absolute atomic E-state index is 0.188. The third-order valence-corrected chi connectivity index (χ3v) is 5.99. The summed E-state index contributed by atoms with van der Waals surface area (Å²) in [4.78, 5) is 4.02. The minimum atomic E-state index is -3.85. The van der Waals surface area contributed by atoms with Gasteiger partial charge >= 0.3 is 0 Å². The fourth-order valence-electron chi connectivity index (χ4n) is 2.69. The largest absolute Gasteiger partial charge is 0.339 e. The second-order valence-electron chi connectivity index (χ2n) is 5.77. The molecule has 0 bridgehead atoms. The van der Waals surface area contributed by atoms with E-state index in [9.17, 15) is 12.8 Å². The van der Waals surface area contributed by atoms with Crippen molar-refractivity contribution in [3.8, 4) is 11.4 Å². The van der Waals surface area contributed by atoms with Crippen molar-refractivity contribution in [1.82, 2.24) is 14.4 Å². The summed E-state index contributed by atoms with van der Waals surface area (Å²) in [7, 11) is -3.85. The van der Waals surface area contributed by atoms with Crippen LogP contribution < -0.4 is 0 Å². The number of sulfonamides is 1. The molecular formula is C17H14FN3O3S. The first kappa shape index (κ1) is 15.9. The summed E-state index contributed by atoms with van der Waals surface area (Å²) < 4.78 is 45.2. The molecule has 25 heavy (non-hydrogen) atoms. The molecule has 0 aliphatic carbocycles. The van der Waals surface area contributed by atoms with Crippen molar-refractivity contribution in [3.63, 3.8) is 0 Å². The molecule has 1 aromatic heterocycles. The molecule has 3 aromatic rings. The van der Waals surface area contributed by atoms with Crippen LogP contribution in [0.4, 0.5) is 4.39 Å². The van der Waals surface area contributed by atoms with Crippen LogP contribution in [-0.4, -0.2) is 36.0 Å². The van der Waals surface area contributed by atoms with Crippen molar-refractivity contribution >= 4 is 10.0 Å². The Bertz CT molecular complexity index is 999. The van der Waals surface area contributed by atoms with E-state index in [0.29, 0.717) is 11.7 Å². The van der Waals surface area contributed by atoms with Gasteiger partial charge in [-0.15, -0.1) is 0 Å². The molecule has 0 N–H and O–H groups in total. The first-order valence-corrected chi connectivity index (χ1v) is 9.13. The van der Waals surface area contributed by atoms with Crippen molar-refractivity contribution in [2.24, 2.45) is 0 Å². The van der Waals surface area contributed by atoms with Crippen molar-refractivity contribution in [3.05, 3.63) is 66.3 Å². The fraction of sp³-hybridized carbons (Fsp3) is 0.176. The Morgan fingerprint density at radius 1 is 1.04 bits per heavy atom. The highest BCUT2D eigenvalue weighted by Crippen LogP contribution is 2.32. The van der Waals surface area contributed by atoms with E-state index in [1.54, 1.807) is 0 Å². The lowest BCUT2D eigenvalue weighted by molar-refractivity contribution is 0.216. The highest BCUT2D eigenvalue weighted by Gasteiger charge is 2.41. The molecule has 2 aromatic carbocycles. The minimum Gasteiger partial charge on any atom is -0.339 e. The van der Waals surface area contributed by atoms with Gasteiger partial charge in [-0.25, -0.2) is 12.8 Å². The third-order valence-electron chi connectivity index (χ3n) is 4.13. The van der Waals surface area contributed by atoms with E-state index in [4.69, 9.17) is 4.52 Å². The highest BCUT2D eigenvalue weighted by atomic mass is 32.2. The molecule has 4 rings (SSSR count). The number of hydrogen-bond donors (Lipinski definition) is 0. The molecule has 8 heteroatoms. The SMILES string of the molecule is O=S(=O)(c1ccccc1F)N1CC(c2nc(-c3ccccc3)no2)C1. The average Bonchev–Trinajstić information content (AvgIpc) is 3.04. The van der Waals surface area contributed by atoms with Gasteiger partial charge < -0.3 is 4.52 Å². The molecule has 0 atom stereocenters. The number of nitrogens with zero attached hydrogens (tertiary/aromatic N) is 3. The normalized spacial score (nSPS) is 15.9. The van der Waals surface area contributed by atoms with Crippen LogP contribution in [0.1, 0.15) is 11.8 Å². The van der Waals surface area contributed by atoms with Gasteiger partial charge in [0, 0.05) is 18.7 Å². The molecule has 1 saturated heterocycles. The van der Waals surface area contributed by atoms with Gasteiger partial charge in [0.15, 0.2) is 0 Å². The van der Waals surface area contributed by atoms with Gasteiger partial charge in [0.05, 0.1) is 5.92 Å². The van der Waals surface area contributed by atoms with Gasteiger partial charge in [-0.3, -0.25) is 0 Å². The molecular weight excluding hydrogens is 345 g/mol. The second-order valence-corrected chi connectivity index (χ2v) is 7.68. The first-order chi connectivity index (χ1) is 12.1. The van der Waals surface area contributed by atoms with Crippen molar-refractivity contribution in [2.75, 3.05) is 13.1 Å². The van der Waals surface area contributed by atoms with Gasteiger partial charge in [0.25, 0.3) is 0 Å². The smallest absolute Gasteiger partial charge is 0.246 e. The lowest BCUT2D eigenvalue weighted by Crippen LogP contribution is -2.48. The maximum atomic E-state index is 13.8. The number of hydrogen-bond acceptors (Lipinski definition) is 5. The Morgan fingerprint density at radius 2 is 1.72 bits per heavy atom. The Labute approximate surface area is 144 Å². The van der Waals surface area contributed by atoms with Crippen LogP contribution in [0.2, 0.25) is 0 Å². The van der Waals surface area contributed by atoms with Crippen molar-refractivity contribution in [2.45, 2.75) is 10.8 Å². The van der Waals surface area contributed by atoms with Gasteiger partial charge in [0.2, 0.25) is 21.7 Å².